The summed E-state index contributed by atoms with van der Waals surface area (Å²) in [6.07, 6.45) is -2.02. The van der Waals surface area contributed by atoms with Crippen LogP contribution in [0.5, 0.6) is 0 Å². The van der Waals surface area contributed by atoms with Gasteiger partial charge in [-0.25, -0.2) is 13.8 Å². The largest absolute Gasteiger partial charge is 0.381 e. The van der Waals surface area contributed by atoms with Crippen LogP contribution in [0.25, 0.3) is 16.9 Å². The molecule has 1 atom stereocenters. The Bertz CT molecular complexity index is 1250. The Kier molecular flexibility index (Phi) is 6.13. The zero-order chi connectivity index (χ0) is 24.6. The summed E-state index contributed by atoms with van der Waals surface area (Å²) in [5.41, 5.74) is 1.02. The fraction of sp³-hybridized carbons (Fsp3) is 0.500. The number of nitrogens with one attached hydrogen (secondary N) is 1. The molecule has 12 heteroatoms. The molecule has 1 amide bonds. The van der Waals surface area contributed by atoms with E-state index >= 15 is 0 Å². The molecular formula is C24H27F2N7O3. The molecule has 3 saturated heterocycles. The number of hydrogen-bond donors (Lipinski definition) is 1. The Balaban J connectivity index is 1.31. The third kappa shape index (κ3) is 4.35. The van der Waals surface area contributed by atoms with Gasteiger partial charge in [-0.2, -0.15) is 9.97 Å². The van der Waals surface area contributed by atoms with Crippen molar-refractivity contribution in [1.29, 1.82) is 0 Å². The van der Waals surface area contributed by atoms with Crippen LogP contribution < -0.4 is 10.2 Å². The highest BCUT2D eigenvalue weighted by Crippen LogP contribution is 2.30. The number of halogens is 2. The monoisotopic (exact) mass is 499 g/mol. The van der Waals surface area contributed by atoms with E-state index in [1.165, 1.54) is 4.57 Å². The Hall–Kier alpha value is -3.38. The number of carbonyl (C=O) groups is 1. The van der Waals surface area contributed by atoms with Crippen molar-refractivity contribution < 1.29 is 23.0 Å². The first-order valence-electron chi connectivity index (χ1n) is 12.2. The summed E-state index contributed by atoms with van der Waals surface area (Å²) in [6, 6.07) is 8.68. The van der Waals surface area contributed by atoms with Gasteiger partial charge in [0.1, 0.15) is 11.6 Å². The summed E-state index contributed by atoms with van der Waals surface area (Å²) in [5.74, 6) is 0.954. The minimum absolute atomic E-state index is 0.00524. The minimum atomic E-state index is -2.78. The average molecular weight is 500 g/mol. The number of rotatable bonds is 6. The summed E-state index contributed by atoms with van der Waals surface area (Å²) in [7, 11) is 0. The van der Waals surface area contributed by atoms with Gasteiger partial charge in [-0.05, 0) is 18.6 Å². The first kappa shape index (κ1) is 23.0. The maximum Gasteiger partial charge on any atom is 0.296 e. The number of ether oxygens (including phenoxy) is 2. The fourth-order valence-electron chi connectivity index (χ4n) is 4.89. The molecule has 5 heterocycles. The highest BCUT2D eigenvalue weighted by Gasteiger charge is 2.36. The van der Waals surface area contributed by atoms with Crippen LogP contribution in [0.15, 0.2) is 30.3 Å². The summed E-state index contributed by atoms with van der Waals surface area (Å²) >= 11 is 0. The molecule has 1 N–H and O–H groups in total. The molecule has 0 saturated carbocycles. The van der Waals surface area contributed by atoms with Crippen LogP contribution in [0.3, 0.4) is 0 Å². The quantitative estimate of drug-likeness (QED) is 0.552. The van der Waals surface area contributed by atoms with Crippen molar-refractivity contribution >= 4 is 28.7 Å². The van der Waals surface area contributed by atoms with E-state index in [1.54, 1.807) is 30.3 Å². The van der Waals surface area contributed by atoms with Crippen molar-refractivity contribution in [3.63, 3.8) is 0 Å². The van der Waals surface area contributed by atoms with Crippen molar-refractivity contribution in [3.8, 4) is 5.82 Å². The van der Waals surface area contributed by atoms with Crippen LogP contribution in [0.4, 0.5) is 20.5 Å². The second-order valence-corrected chi connectivity index (χ2v) is 9.25. The standard InChI is InChI=1S/C24H27F2N7O3/c25-21(26)22-28-17-3-1-2-4-18(17)33(22)20-11-19(29-24(30-20)31-6-9-35-10-7-31)27-16-12-32(13-16)23(34)15-5-8-36-14-15/h1-4,11,15-16,21H,5-10,12-14H2,(H,27,29,30). The number of aromatic nitrogens is 4. The van der Waals surface area contributed by atoms with Crippen LogP contribution >= 0.6 is 0 Å². The predicted molar refractivity (Wildman–Crippen MR) is 128 cm³/mol. The molecule has 3 aliphatic rings. The average Bonchev–Trinajstić information content (AvgIpc) is 3.54. The lowest BCUT2D eigenvalue weighted by Gasteiger charge is -2.41. The Morgan fingerprint density at radius 3 is 2.61 bits per heavy atom. The molecule has 0 radical (unpaired) electrons. The number of amides is 1. The van der Waals surface area contributed by atoms with Gasteiger partial charge in [0.15, 0.2) is 5.82 Å². The van der Waals surface area contributed by atoms with E-state index in [1.807, 2.05) is 9.80 Å². The second-order valence-electron chi connectivity index (χ2n) is 9.25. The summed E-state index contributed by atoms with van der Waals surface area (Å²) in [6.45, 7) is 4.50. The van der Waals surface area contributed by atoms with Gasteiger partial charge in [0.25, 0.3) is 6.43 Å². The molecule has 6 rings (SSSR count). The van der Waals surface area contributed by atoms with Crippen molar-refractivity contribution in [3.05, 3.63) is 36.2 Å². The first-order chi connectivity index (χ1) is 17.6. The van der Waals surface area contributed by atoms with Gasteiger partial charge in [0.2, 0.25) is 11.9 Å². The van der Waals surface area contributed by atoms with Crippen LogP contribution in [0.2, 0.25) is 0 Å². The number of alkyl halides is 2. The predicted octanol–water partition coefficient (Wildman–Crippen LogP) is 2.25. The lowest BCUT2D eigenvalue weighted by atomic mass is 10.0. The molecule has 0 bridgehead atoms. The van der Waals surface area contributed by atoms with Crippen molar-refractivity contribution in [1.82, 2.24) is 24.4 Å². The molecular weight excluding hydrogens is 472 g/mol. The second kappa shape index (κ2) is 9.58. The third-order valence-corrected chi connectivity index (χ3v) is 6.83. The van der Waals surface area contributed by atoms with Gasteiger partial charge in [-0.15, -0.1) is 0 Å². The van der Waals surface area contributed by atoms with Gasteiger partial charge in [-0.1, -0.05) is 12.1 Å². The lowest BCUT2D eigenvalue weighted by Crippen LogP contribution is -2.58. The van der Waals surface area contributed by atoms with Crippen LogP contribution in [-0.4, -0.2) is 89.0 Å². The normalized spacial score (nSPS) is 20.8. The maximum absolute atomic E-state index is 14.0. The van der Waals surface area contributed by atoms with E-state index in [4.69, 9.17) is 14.5 Å². The fourth-order valence-corrected chi connectivity index (χ4v) is 4.89. The van der Waals surface area contributed by atoms with Gasteiger partial charge in [-0.3, -0.25) is 9.36 Å². The Morgan fingerprint density at radius 2 is 1.86 bits per heavy atom. The number of benzene rings is 1. The summed E-state index contributed by atoms with van der Waals surface area (Å²) < 4.78 is 40.2. The zero-order valence-corrected chi connectivity index (χ0v) is 19.6. The number of nitrogens with zero attached hydrogens (tertiary/aromatic N) is 6. The molecule has 190 valence electrons. The van der Waals surface area contributed by atoms with E-state index in [9.17, 15) is 13.6 Å². The van der Waals surface area contributed by atoms with Crippen LogP contribution in [0.1, 0.15) is 18.7 Å². The molecule has 10 nitrogen and oxygen atoms in total. The van der Waals surface area contributed by atoms with E-state index in [0.717, 1.165) is 6.42 Å². The molecule has 3 aliphatic heterocycles. The summed E-state index contributed by atoms with van der Waals surface area (Å²) in [5, 5.41) is 3.38. The number of fused-ring (bicyclic) bond motifs is 1. The third-order valence-electron chi connectivity index (χ3n) is 6.83. The van der Waals surface area contributed by atoms with Gasteiger partial charge < -0.3 is 24.6 Å². The number of para-hydroxylation sites is 2. The Labute approximate surface area is 206 Å². The maximum atomic E-state index is 14.0. The number of anilines is 2. The minimum Gasteiger partial charge on any atom is -0.381 e. The van der Waals surface area contributed by atoms with E-state index in [0.29, 0.717) is 81.2 Å². The molecule has 0 aliphatic carbocycles. The highest BCUT2D eigenvalue weighted by atomic mass is 19.3. The van der Waals surface area contributed by atoms with Gasteiger partial charge in [0, 0.05) is 38.9 Å². The van der Waals surface area contributed by atoms with Crippen molar-refractivity contribution in [2.75, 3.05) is 62.8 Å². The number of imidazole rings is 1. The van der Waals surface area contributed by atoms with Crippen LogP contribution in [-0.2, 0) is 14.3 Å². The number of morpholine rings is 1. The van der Waals surface area contributed by atoms with Crippen molar-refractivity contribution in [2.24, 2.45) is 5.92 Å². The van der Waals surface area contributed by atoms with Gasteiger partial charge in [0.05, 0.1) is 42.8 Å². The first-order valence-corrected chi connectivity index (χ1v) is 12.2. The summed E-state index contributed by atoms with van der Waals surface area (Å²) in [4.78, 5) is 29.9. The molecule has 1 aromatic carbocycles. The van der Waals surface area contributed by atoms with E-state index < -0.39 is 6.43 Å². The molecule has 3 aromatic rings. The number of likely N-dealkylation sites (tertiary alicyclic amines) is 1. The lowest BCUT2D eigenvalue weighted by molar-refractivity contribution is -0.139. The molecule has 36 heavy (non-hydrogen) atoms. The molecule has 3 fully saturated rings. The highest BCUT2D eigenvalue weighted by molar-refractivity contribution is 5.80. The molecule has 2 aromatic heterocycles. The van der Waals surface area contributed by atoms with Gasteiger partial charge >= 0.3 is 0 Å². The zero-order valence-electron chi connectivity index (χ0n) is 19.6. The van der Waals surface area contributed by atoms with Crippen LogP contribution in [0, 0.1) is 5.92 Å². The molecule has 0 spiro atoms. The van der Waals surface area contributed by atoms with E-state index in [-0.39, 0.29) is 23.7 Å². The molecule has 1 unspecified atom stereocenters. The smallest absolute Gasteiger partial charge is 0.296 e. The van der Waals surface area contributed by atoms with E-state index in [2.05, 4.69) is 15.3 Å². The topological polar surface area (TPSA) is 97.6 Å². The SMILES string of the molecule is O=C(C1CCOC1)N1CC(Nc2cc(-n3c(C(F)F)nc4ccccc43)nc(N3CCOCC3)n2)C1. The number of hydrogen-bond acceptors (Lipinski definition) is 8. The number of carbonyl (C=O) groups excluding carboxylic acids is 1. The van der Waals surface area contributed by atoms with Crippen molar-refractivity contribution in [2.45, 2.75) is 18.9 Å². The Morgan fingerprint density at radius 1 is 1.06 bits per heavy atom.